The van der Waals surface area contributed by atoms with Crippen molar-refractivity contribution >= 4 is 5.91 Å². The fourth-order valence-electron chi connectivity index (χ4n) is 2.91. The Balaban J connectivity index is 1.92. The summed E-state index contributed by atoms with van der Waals surface area (Å²) in [5.41, 5.74) is 5.85. The summed E-state index contributed by atoms with van der Waals surface area (Å²) >= 11 is 0. The van der Waals surface area contributed by atoms with Crippen molar-refractivity contribution < 1.29 is 9.90 Å². The van der Waals surface area contributed by atoms with Crippen molar-refractivity contribution in [2.75, 3.05) is 19.7 Å². The number of aliphatic hydroxyl groups excluding tert-OH is 1. The van der Waals surface area contributed by atoms with Crippen molar-refractivity contribution in [2.24, 2.45) is 11.1 Å². The Kier molecular flexibility index (Phi) is 3.50. The van der Waals surface area contributed by atoms with Gasteiger partial charge in [-0.3, -0.25) is 4.79 Å². The van der Waals surface area contributed by atoms with Gasteiger partial charge in [-0.15, -0.1) is 0 Å². The number of nitrogens with two attached hydrogens (primary N) is 1. The average molecular weight is 226 g/mol. The lowest BCUT2D eigenvalue weighted by molar-refractivity contribution is -0.136. The van der Waals surface area contributed by atoms with Gasteiger partial charge >= 0.3 is 0 Å². The van der Waals surface area contributed by atoms with Gasteiger partial charge in [0.25, 0.3) is 0 Å². The molecule has 0 aromatic carbocycles. The monoisotopic (exact) mass is 226 g/mol. The van der Waals surface area contributed by atoms with Crippen LogP contribution in [0.2, 0.25) is 0 Å². The third kappa shape index (κ3) is 2.09. The van der Waals surface area contributed by atoms with Crippen LogP contribution in [-0.2, 0) is 4.79 Å². The molecule has 1 heterocycles. The predicted octanol–water partition coefficient (Wildman–Crippen LogP) is 0.489. The molecule has 16 heavy (non-hydrogen) atoms. The van der Waals surface area contributed by atoms with E-state index in [0.717, 1.165) is 32.2 Å². The summed E-state index contributed by atoms with van der Waals surface area (Å²) in [6.45, 7) is 1.53. The first-order chi connectivity index (χ1) is 7.71. The zero-order chi connectivity index (χ0) is 11.6. The van der Waals surface area contributed by atoms with Crippen molar-refractivity contribution in [3.05, 3.63) is 0 Å². The third-order valence-electron chi connectivity index (χ3n) is 4.28. The molecular formula is C12H22N2O2. The second-order valence-electron chi connectivity index (χ2n) is 5.30. The van der Waals surface area contributed by atoms with E-state index in [4.69, 9.17) is 5.73 Å². The number of rotatable bonds is 4. The van der Waals surface area contributed by atoms with Gasteiger partial charge in [0.2, 0.25) is 5.91 Å². The molecule has 0 aromatic heterocycles. The van der Waals surface area contributed by atoms with E-state index in [-0.39, 0.29) is 24.0 Å². The summed E-state index contributed by atoms with van der Waals surface area (Å²) < 4.78 is 0. The Morgan fingerprint density at radius 2 is 2.19 bits per heavy atom. The fourth-order valence-corrected chi connectivity index (χ4v) is 2.91. The number of carbonyl (C=O) groups is 1. The van der Waals surface area contributed by atoms with Crippen LogP contribution in [-0.4, -0.2) is 41.7 Å². The van der Waals surface area contributed by atoms with Crippen LogP contribution >= 0.6 is 0 Å². The number of aliphatic hydroxyl groups is 1. The molecule has 1 saturated heterocycles. The molecule has 1 saturated carbocycles. The van der Waals surface area contributed by atoms with E-state index in [9.17, 15) is 9.90 Å². The molecule has 3 N–H and O–H groups in total. The number of likely N-dealkylation sites (tertiary alicyclic amines) is 1. The van der Waals surface area contributed by atoms with Gasteiger partial charge in [0, 0.05) is 13.0 Å². The maximum Gasteiger partial charge on any atom is 0.223 e. The van der Waals surface area contributed by atoms with Gasteiger partial charge in [-0.2, -0.15) is 0 Å². The highest BCUT2D eigenvalue weighted by Gasteiger charge is 2.40. The van der Waals surface area contributed by atoms with Crippen molar-refractivity contribution in [1.82, 2.24) is 4.90 Å². The molecule has 1 amide bonds. The van der Waals surface area contributed by atoms with Gasteiger partial charge < -0.3 is 15.7 Å². The fraction of sp³-hybridized carbons (Fsp3) is 0.917. The SMILES string of the molecule is NCC1(CC(=O)N2CCC[C@@H]2CO)CCC1. The molecule has 92 valence electrons. The number of amides is 1. The molecular weight excluding hydrogens is 204 g/mol. The highest BCUT2D eigenvalue weighted by molar-refractivity contribution is 5.77. The maximum absolute atomic E-state index is 12.1. The molecule has 1 atom stereocenters. The zero-order valence-corrected chi connectivity index (χ0v) is 9.82. The summed E-state index contributed by atoms with van der Waals surface area (Å²) in [5.74, 6) is 0.196. The Bertz CT molecular complexity index is 258. The van der Waals surface area contributed by atoms with E-state index in [1.54, 1.807) is 0 Å². The quantitative estimate of drug-likeness (QED) is 0.733. The van der Waals surface area contributed by atoms with Crippen LogP contribution in [0.15, 0.2) is 0 Å². The molecule has 2 rings (SSSR count). The Hall–Kier alpha value is -0.610. The van der Waals surface area contributed by atoms with Crippen LogP contribution in [0.5, 0.6) is 0 Å². The second-order valence-corrected chi connectivity index (χ2v) is 5.30. The van der Waals surface area contributed by atoms with Gasteiger partial charge in [0.1, 0.15) is 0 Å². The topological polar surface area (TPSA) is 66.6 Å². The van der Waals surface area contributed by atoms with Gasteiger partial charge in [-0.25, -0.2) is 0 Å². The molecule has 4 heteroatoms. The largest absolute Gasteiger partial charge is 0.394 e. The van der Waals surface area contributed by atoms with Crippen LogP contribution in [0.25, 0.3) is 0 Å². The molecule has 0 unspecified atom stereocenters. The molecule has 1 aliphatic heterocycles. The maximum atomic E-state index is 12.1. The smallest absolute Gasteiger partial charge is 0.223 e. The molecule has 4 nitrogen and oxygen atoms in total. The minimum Gasteiger partial charge on any atom is -0.394 e. The van der Waals surface area contributed by atoms with E-state index in [1.807, 2.05) is 4.90 Å². The number of hydrogen-bond donors (Lipinski definition) is 2. The molecule has 1 aliphatic carbocycles. The summed E-state index contributed by atoms with van der Waals surface area (Å²) in [5, 5.41) is 9.19. The van der Waals surface area contributed by atoms with Crippen LogP contribution in [0.4, 0.5) is 0 Å². The Morgan fingerprint density at radius 3 is 2.69 bits per heavy atom. The first-order valence-electron chi connectivity index (χ1n) is 6.31. The lowest BCUT2D eigenvalue weighted by Gasteiger charge is -2.41. The van der Waals surface area contributed by atoms with E-state index in [1.165, 1.54) is 6.42 Å². The first-order valence-corrected chi connectivity index (χ1v) is 6.31. The van der Waals surface area contributed by atoms with E-state index >= 15 is 0 Å². The minimum atomic E-state index is 0.0578. The lowest BCUT2D eigenvalue weighted by Crippen LogP contribution is -2.45. The Labute approximate surface area is 96.8 Å². The van der Waals surface area contributed by atoms with Gasteiger partial charge in [-0.1, -0.05) is 6.42 Å². The van der Waals surface area contributed by atoms with E-state index < -0.39 is 0 Å². The van der Waals surface area contributed by atoms with Crippen molar-refractivity contribution in [3.63, 3.8) is 0 Å². The van der Waals surface area contributed by atoms with Crippen molar-refractivity contribution in [3.8, 4) is 0 Å². The standard InChI is InChI=1S/C12H22N2O2/c13-9-12(4-2-5-12)7-11(16)14-6-1-3-10(14)8-15/h10,15H,1-9,13H2/t10-/m1/s1. The Morgan fingerprint density at radius 1 is 1.44 bits per heavy atom. The molecule has 0 aromatic rings. The third-order valence-corrected chi connectivity index (χ3v) is 4.28. The lowest BCUT2D eigenvalue weighted by atomic mass is 9.66. The van der Waals surface area contributed by atoms with Crippen LogP contribution in [0.3, 0.4) is 0 Å². The highest BCUT2D eigenvalue weighted by atomic mass is 16.3. The molecule has 2 fully saturated rings. The summed E-state index contributed by atoms with van der Waals surface area (Å²) in [4.78, 5) is 14.0. The highest BCUT2D eigenvalue weighted by Crippen LogP contribution is 2.43. The van der Waals surface area contributed by atoms with Gasteiger partial charge in [0.15, 0.2) is 0 Å². The van der Waals surface area contributed by atoms with E-state index in [2.05, 4.69) is 0 Å². The zero-order valence-electron chi connectivity index (χ0n) is 9.82. The molecule has 0 bridgehead atoms. The van der Waals surface area contributed by atoms with Crippen molar-refractivity contribution in [2.45, 2.75) is 44.6 Å². The van der Waals surface area contributed by atoms with Gasteiger partial charge in [-0.05, 0) is 37.6 Å². The minimum absolute atomic E-state index is 0.0578. The molecule has 0 radical (unpaired) electrons. The average Bonchev–Trinajstić information content (AvgIpc) is 2.71. The number of hydrogen-bond acceptors (Lipinski definition) is 3. The molecule has 2 aliphatic rings. The van der Waals surface area contributed by atoms with Crippen LogP contribution in [0, 0.1) is 5.41 Å². The second kappa shape index (κ2) is 4.72. The van der Waals surface area contributed by atoms with E-state index in [0.29, 0.717) is 13.0 Å². The number of nitrogens with zero attached hydrogens (tertiary/aromatic N) is 1. The van der Waals surface area contributed by atoms with Crippen LogP contribution in [0.1, 0.15) is 38.5 Å². The van der Waals surface area contributed by atoms with Crippen molar-refractivity contribution in [1.29, 1.82) is 0 Å². The normalized spacial score (nSPS) is 27.9. The summed E-state index contributed by atoms with van der Waals surface area (Å²) in [6, 6.07) is 0.0578. The van der Waals surface area contributed by atoms with Crippen LogP contribution < -0.4 is 5.73 Å². The number of carbonyl (C=O) groups excluding carboxylic acids is 1. The van der Waals surface area contributed by atoms with Gasteiger partial charge in [0.05, 0.1) is 12.6 Å². The predicted molar refractivity (Wildman–Crippen MR) is 61.8 cm³/mol. The molecule has 0 spiro atoms. The first kappa shape index (κ1) is 11.9. The summed E-state index contributed by atoms with van der Waals surface area (Å²) in [7, 11) is 0. The summed E-state index contributed by atoms with van der Waals surface area (Å²) in [6.07, 6.45) is 5.93.